The average Bonchev–Trinajstić information content (AvgIpc) is 2.49. The molecule has 3 nitrogen and oxygen atoms in total. The van der Waals surface area contributed by atoms with Crippen LogP contribution in [0, 0.1) is 11.3 Å². The summed E-state index contributed by atoms with van der Waals surface area (Å²) >= 11 is 0. The molecule has 0 bridgehead atoms. The van der Waals surface area contributed by atoms with Gasteiger partial charge in [0, 0.05) is 6.54 Å². The first-order valence-electron chi connectivity index (χ1n) is 6.21. The number of nitriles is 1. The van der Waals surface area contributed by atoms with Crippen LogP contribution in [0.15, 0.2) is 60.7 Å². The molecule has 0 aliphatic rings. The molecule has 0 unspecified atom stereocenters. The summed E-state index contributed by atoms with van der Waals surface area (Å²) in [7, 11) is 0. The molecule has 0 saturated carbocycles. The number of hydrogen-bond donors (Lipinski definition) is 2. The van der Waals surface area contributed by atoms with Crippen molar-refractivity contribution in [3.05, 3.63) is 71.8 Å². The smallest absolute Gasteiger partial charge is 0.126 e. The monoisotopic (exact) mass is 252 g/mol. The fourth-order valence-corrected chi connectivity index (χ4v) is 1.89. The first kappa shape index (κ1) is 13.3. The quantitative estimate of drug-likeness (QED) is 0.859. The number of aliphatic hydroxyl groups is 1. The van der Waals surface area contributed by atoms with E-state index in [0.29, 0.717) is 6.54 Å². The zero-order chi connectivity index (χ0) is 13.5. The number of benzene rings is 2. The van der Waals surface area contributed by atoms with Gasteiger partial charge < -0.3 is 5.11 Å². The SMILES string of the molecule is N#C[C@H](NCc1ccccc1)[C@@H](O)c1ccccc1. The maximum absolute atomic E-state index is 10.2. The van der Waals surface area contributed by atoms with Crippen molar-refractivity contribution in [2.75, 3.05) is 0 Å². The molecule has 0 aliphatic carbocycles. The van der Waals surface area contributed by atoms with E-state index in [1.165, 1.54) is 0 Å². The van der Waals surface area contributed by atoms with Gasteiger partial charge in [0.25, 0.3) is 0 Å². The van der Waals surface area contributed by atoms with E-state index in [4.69, 9.17) is 5.26 Å². The fourth-order valence-electron chi connectivity index (χ4n) is 1.89. The van der Waals surface area contributed by atoms with Crippen molar-refractivity contribution >= 4 is 0 Å². The lowest BCUT2D eigenvalue weighted by molar-refractivity contribution is 0.149. The lowest BCUT2D eigenvalue weighted by Gasteiger charge is -2.18. The Hall–Kier alpha value is -2.15. The van der Waals surface area contributed by atoms with Gasteiger partial charge in [-0.1, -0.05) is 60.7 Å². The van der Waals surface area contributed by atoms with E-state index < -0.39 is 12.1 Å². The molecular formula is C16H16N2O. The van der Waals surface area contributed by atoms with Crippen LogP contribution in [0.4, 0.5) is 0 Å². The minimum atomic E-state index is -0.824. The molecule has 2 aromatic rings. The molecule has 2 N–H and O–H groups in total. The van der Waals surface area contributed by atoms with Gasteiger partial charge in [0.05, 0.1) is 6.07 Å². The lowest BCUT2D eigenvalue weighted by Crippen LogP contribution is -2.33. The molecule has 2 atom stereocenters. The van der Waals surface area contributed by atoms with Crippen LogP contribution in [0.2, 0.25) is 0 Å². The van der Waals surface area contributed by atoms with Crippen molar-refractivity contribution in [3.8, 4) is 6.07 Å². The highest BCUT2D eigenvalue weighted by molar-refractivity contribution is 5.22. The van der Waals surface area contributed by atoms with Crippen LogP contribution in [-0.4, -0.2) is 11.1 Å². The molecule has 19 heavy (non-hydrogen) atoms. The summed E-state index contributed by atoms with van der Waals surface area (Å²) in [6.45, 7) is 0.558. The van der Waals surface area contributed by atoms with E-state index in [0.717, 1.165) is 11.1 Å². The molecule has 0 radical (unpaired) electrons. The van der Waals surface area contributed by atoms with Crippen molar-refractivity contribution in [2.24, 2.45) is 0 Å². The second-order valence-electron chi connectivity index (χ2n) is 4.33. The molecule has 0 amide bonds. The molecule has 0 saturated heterocycles. The highest BCUT2D eigenvalue weighted by Crippen LogP contribution is 2.16. The van der Waals surface area contributed by atoms with Crippen molar-refractivity contribution in [1.82, 2.24) is 5.32 Å². The van der Waals surface area contributed by atoms with Crippen molar-refractivity contribution in [2.45, 2.75) is 18.7 Å². The van der Waals surface area contributed by atoms with Gasteiger partial charge in [-0.2, -0.15) is 5.26 Å². The van der Waals surface area contributed by atoms with Crippen LogP contribution in [-0.2, 0) is 6.54 Å². The summed E-state index contributed by atoms with van der Waals surface area (Å²) in [6, 6.07) is 20.5. The third-order valence-corrected chi connectivity index (χ3v) is 2.96. The molecule has 3 heteroatoms. The van der Waals surface area contributed by atoms with Crippen LogP contribution in [0.3, 0.4) is 0 Å². The van der Waals surface area contributed by atoms with Gasteiger partial charge in [-0.25, -0.2) is 0 Å². The Kier molecular flexibility index (Phi) is 4.68. The van der Waals surface area contributed by atoms with E-state index in [-0.39, 0.29) is 0 Å². The molecule has 0 spiro atoms. The normalized spacial score (nSPS) is 13.5. The van der Waals surface area contributed by atoms with Gasteiger partial charge in [0.2, 0.25) is 0 Å². The number of rotatable bonds is 5. The number of aliphatic hydroxyl groups excluding tert-OH is 1. The van der Waals surface area contributed by atoms with Crippen LogP contribution in [0.5, 0.6) is 0 Å². The number of nitrogens with one attached hydrogen (secondary N) is 1. The zero-order valence-electron chi connectivity index (χ0n) is 10.5. The summed E-state index contributed by atoms with van der Waals surface area (Å²) in [4.78, 5) is 0. The number of hydrogen-bond acceptors (Lipinski definition) is 3. The van der Waals surface area contributed by atoms with Gasteiger partial charge in [0.1, 0.15) is 12.1 Å². The second-order valence-corrected chi connectivity index (χ2v) is 4.33. The Morgan fingerprint density at radius 2 is 1.58 bits per heavy atom. The average molecular weight is 252 g/mol. The minimum Gasteiger partial charge on any atom is -0.386 e. The Morgan fingerprint density at radius 1 is 1.00 bits per heavy atom. The topological polar surface area (TPSA) is 56.0 Å². The predicted molar refractivity (Wildman–Crippen MR) is 74.1 cm³/mol. The van der Waals surface area contributed by atoms with Crippen molar-refractivity contribution in [3.63, 3.8) is 0 Å². The largest absolute Gasteiger partial charge is 0.386 e. The highest BCUT2D eigenvalue weighted by atomic mass is 16.3. The Balaban J connectivity index is 1.99. The van der Waals surface area contributed by atoms with Crippen LogP contribution in [0.25, 0.3) is 0 Å². The van der Waals surface area contributed by atoms with Gasteiger partial charge in [-0.3, -0.25) is 5.32 Å². The van der Waals surface area contributed by atoms with Crippen molar-refractivity contribution in [1.29, 1.82) is 5.26 Å². The molecule has 0 aliphatic heterocycles. The maximum Gasteiger partial charge on any atom is 0.126 e. The predicted octanol–water partition coefficient (Wildman–Crippen LogP) is 2.40. The van der Waals surface area contributed by atoms with E-state index in [2.05, 4.69) is 11.4 Å². The molecule has 0 aromatic heterocycles. The third kappa shape index (κ3) is 3.65. The maximum atomic E-state index is 10.2. The van der Waals surface area contributed by atoms with Gasteiger partial charge in [0.15, 0.2) is 0 Å². The molecule has 2 aromatic carbocycles. The molecule has 2 rings (SSSR count). The van der Waals surface area contributed by atoms with Gasteiger partial charge in [-0.05, 0) is 11.1 Å². The minimum absolute atomic E-state index is 0.558. The third-order valence-electron chi connectivity index (χ3n) is 2.96. The van der Waals surface area contributed by atoms with Crippen molar-refractivity contribution < 1.29 is 5.11 Å². The van der Waals surface area contributed by atoms with E-state index >= 15 is 0 Å². The van der Waals surface area contributed by atoms with Gasteiger partial charge in [-0.15, -0.1) is 0 Å². The highest BCUT2D eigenvalue weighted by Gasteiger charge is 2.19. The number of nitrogens with zero attached hydrogens (tertiary/aromatic N) is 1. The molecule has 96 valence electrons. The standard InChI is InChI=1S/C16H16N2O/c17-11-15(16(19)14-9-5-2-6-10-14)18-12-13-7-3-1-4-8-13/h1-10,15-16,18-19H,12H2/t15-,16-/m0/s1. The van der Waals surface area contributed by atoms with Crippen LogP contribution in [0.1, 0.15) is 17.2 Å². The lowest BCUT2D eigenvalue weighted by atomic mass is 10.0. The molecule has 0 fully saturated rings. The van der Waals surface area contributed by atoms with Gasteiger partial charge >= 0.3 is 0 Å². The summed E-state index contributed by atoms with van der Waals surface area (Å²) < 4.78 is 0. The Bertz CT molecular complexity index is 534. The summed E-state index contributed by atoms with van der Waals surface area (Å²) in [6.07, 6.45) is -0.824. The van der Waals surface area contributed by atoms with E-state index in [1.54, 1.807) is 0 Å². The van der Waals surface area contributed by atoms with E-state index in [9.17, 15) is 5.11 Å². The zero-order valence-corrected chi connectivity index (χ0v) is 10.5. The second kappa shape index (κ2) is 6.69. The van der Waals surface area contributed by atoms with Crippen LogP contribution < -0.4 is 5.32 Å². The summed E-state index contributed by atoms with van der Waals surface area (Å²) in [5.41, 5.74) is 1.83. The fraction of sp³-hybridized carbons (Fsp3) is 0.188. The molecule has 0 heterocycles. The summed E-state index contributed by atoms with van der Waals surface area (Å²) in [5.74, 6) is 0. The first-order chi connectivity index (χ1) is 9.31. The van der Waals surface area contributed by atoms with E-state index in [1.807, 2.05) is 60.7 Å². The molecular weight excluding hydrogens is 236 g/mol. The first-order valence-corrected chi connectivity index (χ1v) is 6.21. The Morgan fingerprint density at radius 3 is 2.16 bits per heavy atom. The Labute approximate surface area is 113 Å². The summed E-state index contributed by atoms with van der Waals surface area (Å²) in [5, 5.41) is 22.4. The van der Waals surface area contributed by atoms with Crippen LogP contribution >= 0.6 is 0 Å².